The Hall–Kier alpha value is -4.06. The molecule has 3 aromatic carbocycles. The Kier molecular flexibility index (Phi) is 13.7. The number of methoxy groups -OCH3 is 5. The van der Waals surface area contributed by atoms with Crippen molar-refractivity contribution in [2.75, 3.05) is 42.2 Å². The topological polar surface area (TPSA) is 55.4 Å². The zero-order chi connectivity index (χ0) is 32.9. The second-order valence-corrected chi connectivity index (χ2v) is 12.0. The van der Waals surface area contributed by atoms with Crippen LogP contribution in [-0.4, -0.2) is 42.2 Å². The van der Waals surface area contributed by atoms with Gasteiger partial charge in [0.15, 0.2) is 0 Å². The fourth-order valence-electron chi connectivity index (χ4n) is 5.31. The SMILES string of the molecule is COc1cc(/C=C/c2cc(OCCC(C)CCCC(C)C)c(/C=C/c3cc(OC)c(C)cc3OC)cc2OC)c(OC)cc1C. The van der Waals surface area contributed by atoms with Gasteiger partial charge in [-0.2, -0.15) is 0 Å². The Balaban J connectivity index is 2.00. The Labute approximate surface area is 271 Å². The fraction of sp³-hybridized carbons (Fsp3) is 0.436. The summed E-state index contributed by atoms with van der Waals surface area (Å²) in [6.07, 6.45) is 12.8. The highest BCUT2D eigenvalue weighted by atomic mass is 16.5. The van der Waals surface area contributed by atoms with Crippen molar-refractivity contribution in [1.82, 2.24) is 0 Å². The Morgan fingerprint density at radius 2 is 0.867 bits per heavy atom. The minimum Gasteiger partial charge on any atom is -0.496 e. The molecule has 1 atom stereocenters. The molecule has 0 radical (unpaired) electrons. The van der Waals surface area contributed by atoms with Crippen LogP contribution < -0.4 is 28.4 Å². The molecule has 0 bridgehead atoms. The van der Waals surface area contributed by atoms with Crippen molar-refractivity contribution in [1.29, 1.82) is 0 Å². The van der Waals surface area contributed by atoms with Gasteiger partial charge < -0.3 is 28.4 Å². The number of hydrogen-bond acceptors (Lipinski definition) is 6. The summed E-state index contributed by atoms with van der Waals surface area (Å²) in [7, 11) is 8.39. The molecule has 6 heteroatoms. The van der Waals surface area contributed by atoms with Crippen molar-refractivity contribution < 1.29 is 28.4 Å². The third-order valence-corrected chi connectivity index (χ3v) is 8.09. The first-order valence-electron chi connectivity index (χ1n) is 15.8. The van der Waals surface area contributed by atoms with Crippen LogP contribution in [0, 0.1) is 25.7 Å². The van der Waals surface area contributed by atoms with Gasteiger partial charge in [-0.1, -0.05) is 64.3 Å². The summed E-state index contributed by atoms with van der Waals surface area (Å²) in [6, 6.07) is 12.0. The molecule has 3 aromatic rings. The number of hydrogen-bond donors (Lipinski definition) is 0. The molecule has 0 aliphatic heterocycles. The Morgan fingerprint density at radius 1 is 0.489 bits per heavy atom. The molecular weight excluding hydrogens is 564 g/mol. The van der Waals surface area contributed by atoms with Crippen molar-refractivity contribution in [3.05, 3.63) is 69.8 Å². The second-order valence-electron chi connectivity index (χ2n) is 12.0. The number of ether oxygens (including phenoxy) is 6. The first kappa shape index (κ1) is 35.4. The second kappa shape index (κ2) is 17.4. The monoisotopic (exact) mass is 616 g/mol. The molecule has 0 aliphatic carbocycles. The largest absolute Gasteiger partial charge is 0.496 e. The highest BCUT2D eigenvalue weighted by Crippen LogP contribution is 2.36. The molecule has 45 heavy (non-hydrogen) atoms. The predicted molar refractivity (Wildman–Crippen MR) is 187 cm³/mol. The Morgan fingerprint density at radius 3 is 1.29 bits per heavy atom. The average Bonchev–Trinajstić information content (AvgIpc) is 3.03. The normalized spacial score (nSPS) is 12.2. The lowest BCUT2D eigenvalue weighted by molar-refractivity contribution is 0.275. The van der Waals surface area contributed by atoms with Gasteiger partial charge in [-0.25, -0.2) is 0 Å². The van der Waals surface area contributed by atoms with Crippen LogP contribution in [0.4, 0.5) is 0 Å². The molecule has 0 saturated heterocycles. The van der Waals surface area contributed by atoms with E-state index in [2.05, 4.69) is 20.8 Å². The molecule has 3 rings (SSSR count). The van der Waals surface area contributed by atoms with Crippen LogP contribution in [0.2, 0.25) is 0 Å². The van der Waals surface area contributed by atoms with Crippen LogP contribution in [0.25, 0.3) is 24.3 Å². The van der Waals surface area contributed by atoms with Gasteiger partial charge in [-0.15, -0.1) is 0 Å². The van der Waals surface area contributed by atoms with Crippen LogP contribution in [0.5, 0.6) is 34.5 Å². The number of rotatable bonds is 17. The van der Waals surface area contributed by atoms with E-state index in [4.69, 9.17) is 28.4 Å². The predicted octanol–water partition coefficient (Wildman–Crippen LogP) is 9.92. The molecule has 0 spiro atoms. The lowest BCUT2D eigenvalue weighted by Gasteiger charge is -2.16. The van der Waals surface area contributed by atoms with Crippen molar-refractivity contribution in [3.8, 4) is 34.5 Å². The van der Waals surface area contributed by atoms with E-state index >= 15 is 0 Å². The first-order chi connectivity index (χ1) is 21.6. The quantitative estimate of drug-likeness (QED) is 0.141. The fourth-order valence-corrected chi connectivity index (χ4v) is 5.31. The van der Waals surface area contributed by atoms with Gasteiger partial charge in [0, 0.05) is 22.3 Å². The van der Waals surface area contributed by atoms with Gasteiger partial charge >= 0.3 is 0 Å². The molecule has 6 nitrogen and oxygen atoms in total. The lowest BCUT2D eigenvalue weighted by Crippen LogP contribution is -2.06. The van der Waals surface area contributed by atoms with E-state index in [0.29, 0.717) is 12.5 Å². The molecular formula is C39H52O6. The van der Waals surface area contributed by atoms with E-state index in [1.165, 1.54) is 19.3 Å². The van der Waals surface area contributed by atoms with Gasteiger partial charge in [0.2, 0.25) is 0 Å². The smallest absolute Gasteiger partial charge is 0.127 e. The third kappa shape index (κ3) is 9.97. The van der Waals surface area contributed by atoms with Crippen LogP contribution in [0.3, 0.4) is 0 Å². The van der Waals surface area contributed by atoms with E-state index in [0.717, 1.165) is 80.2 Å². The van der Waals surface area contributed by atoms with Gasteiger partial charge in [0.1, 0.15) is 34.5 Å². The zero-order valence-corrected chi connectivity index (χ0v) is 28.9. The maximum atomic E-state index is 6.49. The zero-order valence-electron chi connectivity index (χ0n) is 28.9. The summed E-state index contributed by atoms with van der Waals surface area (Å²) in [5.41, 5.74) is 5.64. The Bertz CT molecular complexity index is 1450. The molecule has 0 aliphatic rings. The van der Waals surface area contributed by atoms with E-state index in [9.17, 15) is 0 Å². The van der Waals surface area contributed by atoms with E-state index in [-0.39, 0.29) is 0 Å². The van der Waals surface area contributed by atoms with Gasteiger partial charge in [0.25, 0.3) is 0 Å². The standard InChI is InChI=1S/C39H52O6/c1-26(2)12-11-13-27(3)18-19-45-39-25-32(15-14-30-22-34(40-6)28(4)20-36(30)42-8)38(44-10)24-33(39)17-16-31-23-35(41-7)29(5)21-37(31)43-9/h14-17,20-27H,11-13,18-19H2,1-10H3/b15-14+,17-16+. The summed E-state index contributed by atoms with van der Waals surface area (Å²) in [5, 5.41) is 0. The lowest BCUT2D eigenvalue weighted by atomic mass is 9.97. The van der Waals surface area contributed by atoms with Crippen LogP contribution in [0.1, 0.15) is 79.8 Å². The van der Waals surface area contributed by atoms with Crippen LogP contribution in [0.15, 0.2) is 36.4 Å². The summed E-state index contributed by atoms with van der Waals surface area (Å²) < 4.78 is 34.8. The van der Waals surface area contributed by atoms with Gasteiger partial charge in [-0.05, 0) is 79.6 Å². The van der Waals surface area contributed by atoms with Gasteiger partial charge in [0.05, 0.1) is 42.2 Å². The minimum absolute atomic E-state index is 0.591. The van der Waals surface area contributed by atoms with Crippen LogP contribution in [-0.2, 0) is 0 Å². The molecule has 0 amide bonds. The highest BCUT2D eigenvalue weighted by Gasteiger charge is 2.13. The van der Waals surface area contributed by atoms with E-state index in [1.807, 2.05) is 74.5 Å². The van der Waals surface area contributed by atoms with Gasteiger partial charge in [-0.3, -0.25) is 0 Å². The number of benzene rings is 3. The summed E-state index contributed by atoms with van der Waals surface area (Å²) >= 11 is 0. The molecule has 0 saturated carbocycles. The molecule has 0 fully saturated rings. The molecule has 1 unspecified atom stereocenters. The minimum atomic E-state index is 0.591. The molecule has 0 N–H and O–H groups in total. The van der Waals surface area contributed by atoms with Crippen molar-refractivity contribution >= 4 is 24.3 Å². The highest BCUT2D eigenvalue weighted by molar-refractivity contribution is 5.81. The maximum absolute atomic E-state index is 6.49. The average molecular weight is 617 g/mol. The molecule has 244 valence electrons. The van der Waals surface area contributed by atoms with Crippen molar-refractivity contribution in [2.24, 2.45) is 11.8 Å². The third-order valence-electron chi connectivity index (χ3n) is 8.09. The van der Waals surface area contributed by atoms with Crippen molar-refractivity contribution in [3.63, 3.8) is 0 Å². The van der Waals surface area contributed by atoms with E-state index < -0.39 is 0 Å². The molecule has 0 aromatic heterocycles. The summed E-state index contributed by atoms with van der Waals surface area (Å²) in [6.45, 7) is 11.5. The summed E-state index contributed by atoms with van der Waals surface area (Å²) in [5.74, 6) is 6.00. The maximum Gasteiger partial charge on any atom is 0.127 e. The van der Waals surface area contributed by atoms with Crippen LogP contribution >= 0.6 is 0 Å². The molecule has 0 heterocycles. The number of aryl methyl sites for hydroxylation is 2. The van der Waals surface area contributed by atoms with Crippen molar-refractivity contribution in [2.45, 2.75) is 60.3 Å². The van der Waals surface area contributed by atoms with E-state index in [1.54, 1.807) is 35.5 Å². The first-order valence-corrected chi connectivity index (χ1v) is 15.8. The summed E-state index contributed by atoms with van der Waals surface area (Å²) in [4.78, 5) is 0.